The molecule has 21 heavy (non-hydrogen) atoms. The van der Waals surface area contributed by atoms with Crippen molar-refractivity contribution in [3.8, 4) is 5.69 Å². The van der Waals surface area contributed by atoms with Gasteiger partial charge in [-0.15, -0.1) is 5.10 Å². The van der Waals surface area contributed by atoms with E-state index in [-0.39, 0.29) is 0 Å². The standard InChI is InChI=1S/C16H19N5/c1-20-7-4-12(5-8-20)15-11-17-16-3-2-13(10-14(15)16)21-9-6-18-19-21/h2-3,6,9-12,17H,4-5,7-8H2,1H3. The lowest BCUT2D eigenvalue weighted by Gasteiger charge is -2.28. The Morgan fingerprint density at radius 2 is 2.10 bits per heavy atom. The second kappa shape index (κ2) is 5.00. The van der Waals surface area contributed by atoms with Gasteiger partial charge in [-0.25, -0.2) is 4.68 Å². The van der Waals surface area contributed by atoms with E-state index in [1.54, 1.807) is 6.20 Å². The predicted molar refractivity (Wildman–Crippen MR) is 82.7 cm³/mol. The Bertz CT molecular complexity index is 735. The molecule has 1 aliphatic rings. The number of aromatic amines is 1. The average molecular weight is 281 g/mol. The number of hydrogen-bond donors (Lipinski definition) is 1. The molecule has 0 radical (unpaired) electrons. The number of piperidine rings is 1. The van der Waals surface area contributed by atoms with Gasteiger partial charge in [0.2, 0.25) is 0 Å². The van der Waals surface area contributed by atoms with Gasteiger partial charge in [-0.05, 0) is 62.7 Å². The van der Waals surface area contributed by atoms with Crippen LogP contribution >= 0.6 is 0 Å². The molecule has 0 amide bonds. The van der Waals surface area contributed by atoms with Gasteiger partial charge in [-0.1, -0.05) is 5.21 Å². The van der Waals surface area contributed by atoms with Crippen LogP contribution in [0.5, 0.6) is 0 Å². The number of nitrogens with zero attached hydrogens (tertiary/aromatic N) is 4. The van der Waals surface area contributed by atoms with Gasteiger partial charge in [0.1, 0.15) is 0 Å². The van der Waals surface area contributed by atoms with Crippen molar-refractivity contribution in [2.75, 3.05) is 20.1 Å². The van der Waals surface area contributed by atoms with Gasteiger partial charge in [-0.2, -0.15) is 0 Å². The molecule has 0 aliphatic carbocycles. The molecule has 3 aromatic rings. The summed E-state index contributed by atoms with van der Waals surface area (Å²) in [5, 5.41) is 9.28. The third kappa shape index (κ3) is 2.23. The monoisotopic (exact) mass is 281 g/mol. The highest BCUT2D eigenvalue weighted by Crippen LogP contribution is 2.33. The molecule has 4 rings (SSSR count). The first-order valence-electron chi connectivity index (χ1n) is 7.47. The molecule has 5 heteroatoms. The van der Waals surface area contributed by atoms with Gasteiger partial charge in [-0.3, -0.25) is 0 Å². The van der Waals surface area contributed by atoms with Gasteiger partial charge < -0.3 is 9.88 Å². The van der Waals surface area contributed by atoms with Crippen LogP contribution in [0.15, 0.2) is 36.8 Å². The SMILES string of the molecule is CN1CCC(c2c[nH]c3ccc(-n4ccnn4)cc23)CC1. The summed E-state index contributed by atoms with van der Waals surface area (Å²) in [6.45, 7) is 2.36. The Morgan fingerprint density at radius 1 is 1.24 bits per heavy atom. The van der Waals surface area contributed by atoms with Crippen LogP contribution in [0.4, 0.5) is 0 Å². The van der Waals surface area contributed by atoms with Gasteiger partial charge in [0.25, 0.3) is 0 Å². The number of hydrogen-bond acceptors (Lipinski definition) is 3. The zero-order chi connectivity index (χ0) is 14.2. The summed E-state index contributed by atoms with van der Waals surface area (Å²) in [5.41, 5.74) is 3.71. The molecule has 3 heterocycles. The van der Waals surface area contributed by atoms with Crippen molar-refractivity contribution in [1.82, 2.24) is 24.9 Å². The summed E-state index contributed by atoms with van der Waals surface area (Å²) in [6, 6.07) is 6.42. The zero-order valence-electron chi connectivity index (χ0n) is 12.2. The van der Waals surface area contributed by atoms with Crippen LogP contribution in [-0.2, 0) is 0 Å². The molecule has 1 aliphatic heterocycles. The van der Waals surface area contributed by atoms with Crippen LogP contribution in [0.2, 0.25) is 0 Å². The van der Waals surface area contributed by atoms with Gasteiger partial charge in [0, 0.05) is 17.1 Å². The average Bonchev–Trinajstić information content (AvgIpc) is 3.17. The Balaban J connectivity index is 1.74. The molecule has 2 aromatic heterocycles. The van der Waals surface area contributed by atoms with E-state index < -0.39 is 0 Å². The van der Waals surface area contributed by atoms with Gasteiger partial charge >= 0.3 is 0 Å². The number of nitrogens with one attached hydrogen (secondary N) is 1. The van der Waals surface area contributed by atoms with E-state index in [4.69, 9.17) is 0 Å². The second-order valence-corrected chi connectivity index (χ2v) is 5.90. The van der Waals surface area contributed by atoms with E-state index in [2.05, 4.69) is 51.6 Å². The summed E-state index contributed by atoms with van der Waals surface area (Å²) in [7, 11) is 2.20. The third-order valence-corrected chi connectivity index (χ3v) is 4.54. The Morgan fingerprint density at radius 3 is 2.86 bits per heavy atom. The first-order valence-corrected chi connectivity index (χ1v) is 7.47. The topological polar surface area (TPSA) is 49.7 Å². The van der Waals surface area contributed by atoms with Gasteiger partial charge in [0.05, 0.1) is 18.1 Å². The molecule has 1 saturated heterocycles. The molecule has 1 N–H and O–H groups in total. The summed E-state index contributed by atoms with van der Waals surface area (Å²) in [5.74, 6) is 0.654. The van der Waals surface area contributed by atoms with Crippen molar-refractivity contribution in [2.45, 2.75) is 18.8 Å². The van der Waals surface area contributed by atoms with E-state index in [0.717, 1.165) is 5.69 Å². The summed E-state index contributed by atoms with van der Waals surface area (Å²) in [6.07, 6.45) is 8.24. The maximum absolute atomic E-state index is 4.08. The van der Waals surface area contributed by atoms with Crippen molar-refractivity contribution >= 4 is 10.9 Å². The first kappa shape index (κ1) is 12.6. The number of fused-ring (bicyclic) bond motifs is 1. The fourth-order valence-corrected chi connectivity index (χ4v) is 3.28. The van der Waals surface area contributed by atoms with E-state index >= 15 is 0 Å². The maximum Gasteiger partial charge on any atom is 0.0697 e. The molecule has 1 fully saturated rings. The molecule has 0 bridgehead atoms. The molecule has 0 atom stereocenters. The van der Waals surface area contributed by atoms with Crippen LogP contribution in [0.25, 0.3) is 16.6 Å². The van der Waals surface area contributed by atoms with Crippen LogP contribution < -0.4 is 0 Å². The largest absolute Gasteiger partial charge is 0.361 e. The lowest BCUT2D eigenvalue weighted by molar-refractivity contribution is 0.256. The summed E-state index contributed by atoms with van der Waals surface area (Å²) < 4.78 is 1.81. The zero-order valence-corrected chi connectivity index (χ0v) is 12.2. The quantitative estimate of drug-likeness (QED) is 0.785. The van der Waals surface area contributed by atoms with Crippen LogP contribution in [0.1, 0.15) is 24.3 Å². The summed E-state index contributed by atoms with van der Waals surface area (Å²) in [4.78, 5) is 5.82. The van der Waals surface area contributed by atoms with E-state index in [0.29, 0.717) is 5.92 Å². The van der Waals surface area contributed by atoms with Crippen molar-refractivity contribution in [3.63, 3.8) is 0 Å². The molecule has 0 unspecified atom stereocenters. The molecule has 1 aromatic carbocycles. The highest BCUT2D eigenvalue weighted by Gasteiger charge is 2.21. The number of H-pyrrole nitrogens is 1. The van der Waals surface area contributed by atoms with E-state index in [9.17, 15) is 0 Å². The molecular formula is C16H19N5. The smallest absolute Gasteiger partial charge is 0.0697 e. The molecular weight excluding hydrogens is 262 g/mol. The minimum atomic E-state index is 0.654. The number of aromatic nitrogens is 4. The number of rotatable bonds is 2. The Kier molecular flexibility index (Phi) is 3.00. The molecule has 0 saturated carbocycles. The van der Waals surface area contributed by atoms with Crippen molar-refractivity contribution < 1.29 is 0 Å². The Labute approximate surface area is 123 Å². The first-order chi connectivity index (χ1) is 10.3. The van der Waals surface area contributed by atoms with Crippen LogP contribution in [-0.4, -0.2) is 45.0 Å². The normalized spacial score (nSPS) is 17.6. The van der Waals surface area contributed by atoms with E-state index in [1.165, 1.54) is 42.4 Å². The number of benzene rings is 1. The van der Waals surface area contributed by atoms with Crippen molar-refractivity contribution in [3.05, 3.63) is 42.4 Å². The van der Waals surface area contributed by atoms with Crippen molar-refractivity contribution in [1.29, 1.82) is 0 Å². The third-order valence-electron chi connectivity index (χ3n) is 4.54. The maximum atomic E-state index is 4.08. The van der Waals surface area contributed by atoms with E-state index in [1.807, 2.05) is 10.9 Å². The van der Waals surface area contributed by atoms with Crippen LogP contribution in [0.3, 0.4) is 0 Å². The molecule has 108 valence electrons. The van der Waals surface area contributed by atoms with Crippen molar-refractivity contribution in [2.24, 2.45) is 0 Å². The minimum Gasteiger partial charge on any atom is -0.361 e. The predicted octanol–water partition coefficient (Wildman–Crippen LogP) is 2.56. The highest BCUT2D eigenvalue weighted by atomic mass is 15.4. The summed E-state index contributed by atoms with van der Waals surface area (Å²) >= 11 is 0. The highest BCUT2D eigenvalue weighted by molar-refractivity contribution is 5.85. The lowest BCUT2D eigenvalue weighted by atomic mass is 9.89. The second-order valence-electron chi connectivity index (χ2n) is 5.90. The molecule has 0 spiro atoms. The Hall–Kier alpha value is -2.14. The number of likely N-dealkylation sites (tertiary alicyclic amines) is 1. The molecule has 5 nitrogen and oxygen atoms in total. The minimum absolute atomic E-state index is 0.654. The fraction of sp³-hybridized carbons (Fsp3) is 0.375. The fourth-order valence-electron chi connectivity index (χ4n) is 3.28. The van der Waals surface area contributed by atoms with Crippen LogP contribution in [0, 0.1) is 0 Å². The lowest BCUT2D eigenvalue weighted by Crippen LogP contribution is -2.29. The van der Waals surface area contributed by atoms with Gasteiger partial charge in [0.15, 0.2) is 0 Å².